The first kappa shape index (κ1) is 25.5. The Hall–Kier alpha value is 0.490. The second-order valence-corrected chi connectivity index (χ2v) is 7.37. The topological polar surface area (TPSA) is 243 Å². The number of aliphatic hydroxyl groups is 2. The van der Waals surface area contributed by atoms with Crippen molar-refractivity contribution in [3.63, 3.8) is 0 Å². The Morgan fingerprint density at radius 3 is 1.84 bits per heavy atom. The van der Waals surface area contributed by atoms with Gasteiger partial charge in [0.05, 0.1) is 6.61 Å². The van der Waals surface area contributed by atoms with E-state index in [0.717, 1.165) is 0 Å². The van der Waals surface area contributed by atoms with Crippen molar-refractivity contribution in [2.45, 2.75) is 30.7 Å². The van der Waals surface area contributed by atoms with Gasteiger partial charge in [-0.15, -0.1) is 0 Å². The van der Waals surface area contributed by atoms with Crippen molar-refractivity contribution in [2.75, 3.05) is 6.61 Å². The van der Waals surface area contributed by atoms with Crippen LogP contribution in [0.4, 0.5) is 0 Å². The third kappa shape index (κ3) is 9.30. The van der Waals surface area contributed by atoms with Gasteiger partial charge in [0.25, 0.3) is 0 Å². The van der Waals surface area contributed by atoms with Crippen molar-refractivity contribution in [3.05, 3.63) is 0 Å². The van der Waals surface area contributed by atoms with Crippen molar-refractivity contribution in [3.8, 4) is 0 Å². The molecule has 5 atom stereocenters. The first-order valence-corrected chi connectivity index (χ1v) is 9.58. The molecule has 0 aliphatic carbocycles. The van der Waals surface area contributed by atoms with Crippen LogP contribution >= 0.6 is 0 Å². The summed E-state index contributed by atoms with van der Waals surface area (Å²) in [4.78, 5) is 0. The fourth-order valence-corrected chi connectivity index (χ4v) is 2.97. The van der Waals surface area contributed by atoms with E-state index in [1.165, 1.54) is 0 Å². The molecule has 1 aliphatic heterocycles. The third-order valence-electron chi connectivity index (χ3n) is 2.48. The summed E-state index contributed by atoms with van der Waals surface area (Å²) in [5.74, 6) is 0. The quantitative estimate of drug-likeness (QED) is 0.162. The van der Waals surface area contributed by atoms with Gasteiger partial charge in [0.2, 0.25) is 10.4 Å². The average molecular weight is 442 g/mol. The van der Waals surface area contributed by atoms with E-state index in [9.17, 15) is 40.0 Å². The summed E-state index contributed by atoms with van der Waals surface area (Å²) >= 11 is 0. The zero-order valence-electron chi connectivity index (χ0n) is 12.1. The molecule has 0 aromatic carbocycles. The molecule has 0 amide bonds. The van der Waals surface area contributed by atoms with E-state index in [1.807, 2.05) is 0 Å². The monoisotopic (exact) mass is 442 g/mol. The van der Waals surface area contributed by atoms with Crippen LogP contribution in [0.15, 0.2) is 0 Å². The molecular formula is C6H11NaO15S3. The Morgan fingerprint density at radius 1 is 0.920 bits per heavy atom. The van der Waals surface area contributed by atoms with E-state index in [1.54, 1.807) is 0 Å². The van der Waals surface area contributed by atoms with E-state index >= 15 is 0 Å². The number of aliphatic hydroxyl groups excluding tert-OH is 2. The van der Waals surface area contributed by atoms with Gasteiger partial charge in [-0.05, 0) is 0 Å². The van der Waals surface area contributed by atoms with E-state index in [0.29, 0.717) is 0 Å². The van der Waals surface area contributed by atoms with Crippen LogP contribution in [0.2, 0.25) is 0 Å². The molecule has 0 spiro atoms. The molecule has 0 aromatic rings. The zero-order chi connectivity index (χ0) is 18.9. The van der Waals surface area contributed by atoms with Crippen molar-refractivity contribution >= 4 is 31.2 Å². The van der Waals surface area contributed by atoms with Crippen molar-refractivity contribution in [1.82, 2.24) is 0 Å². The molecule has 1 saturated heterocycles. The van der Waals surface area contributed by atoms with Crippen LogP contribution in [0, 0.1) is 0 Å². The maximum absolute atomic E-state index is 10.7. The minimum atomic E-state index is -5.55. The van der Waals surface area contributed by atoms with Crippen LogP contribution < -0.4 is 29.6 Å². The van der Waals surface area contributed by atoms with Crippen molar-refractivity contribution < 1.29 is 96.0 Å². The molecule has 144 valence electrons. The van der Waals surface area contributed by atoms with Crippen LogP contribution in [0.25, 0.3) is 0 Å². The predicted octanol–water partition coefficient (Wildman–Crippen LogP) is -7.08. The molecule has 1 heterocycles. The molecule has 19 heteroatoms. The van der Waals surface area contributed by atoms with Gasteiger partial charge in [0.15, 0.2) is 12.4 Å². The van der Waals surface area contributed by atoms with Crippen molar-refractivity contribution in [1.29, 1.82) is 0 Å². The average Bonchev–Trinajstić information content (AvgIpc) is 2.32. The Bertz CT molecular complexity index is 742. The normalized spacial score (nSPS) is 31.3. The summed E-state index contributed by atoms with van der Waals surface area (Å²) in [5, 5.41) is 19.3. The van der Waals surface area contributed by atoms with Crippen LogP contribution in [0.1, 0.15) is 0 Å². The maximum atomic E-state index is 10.7. The summed E-state index contributed by atoms with van der Waals surface area (Å²) in [6, 6.07) is 0. The molecule has 4 N–H and O–H groups in total. The molecule has 0 saturated carbocycles. The van der Waals surface area contributed by atoms with Gasteiger partial charge in [0.1, 0.15) is 18.3 Å². The maximum Gasteiger partial charge on any atom is 1.00 e. The first-order chi connectivity index (χ1) is 10.6. The van der Waals surface area contributed by atoms with Crippen molar-refractivity contribution in [2.24, 2.45) is 0 Å². The summed E-state index contributed by atoms with van der Waals surface area (Å²) in [6.07, 6.45) is -11.5. The molecule has 0 bridgehead atoms. The van der Waals surface area contributed by atoms with Gasteiger partial charge in [-0.2, -0.15) is 16.8 Å². The minimum Gasteiger partial charge on any atom is -0.726 e. The largest absolute Gasteiger partial charge is 1.00 e. The van der Waals surface area contributed by atoms with E-state index < -0.39 is 68.5 Å². The van der Waals surface area contributed by atoms with Gasteiger partial charge in [-0.1, -0.05) is 0 Å². The Kier molecular flexibility index (Phi) is 9.30. The number of hydrogen-bond donors (Lipinski definition) is 4. The number of ether oxygens (including phenoxy) is 1. The van der Waals surface area contributed by atoms with Gasteiger partial charge < -0.3 is 19.5 Å². The molecular weight excluding hydrogens is 431 g/mol. The zero-order valence-corrected chi connectivity index (χ0v) is 16.5. The number of hydrogen-bond acceptors (Lipinski definition) is 13. The van der Waals surface area contributed by atoms with E-state index in [2.05, 4.69) is 17.3 Å². The van der Waals surface area contributed by atoms with Crippen LogP contribution in [-0.2, 0) is 48.5 Å². The van der Waals surface area contributed by atoms with Gasteiger partial charge >= 0.3 is 50.4 Å². The second kappa shape index (κ2) is 9.12. The summed E-state index contributed by atoms with van der Waals surface area (Å²) in [7, 11) is -15.9. The van der Waals surface area contributed by atoms with E-state index in [-0.39, 0.29) is 29.6 Å². The minimum absolute atomic E-state index is 0. The molecule has 1 aliphatic rings. The summed E-state index contributed by atoms with van der Waals surface area (Å²) in [6.45, 7) is -1.18. The molecule has 1 rings (SSSR count). The molecule has 0 aromatic heterocycles. The fraction of sp³-hybridized carbons (Fsp3) is 1.00. The standard InChI is InChI=1S/C6H12O15S3.Na/c7-3-2(1-18-22(9,10)11)19-6(8)5(21-24(15,16)17)4(3)20-23(12,13)14;/h2-8H,1H2,(H,9,10,11)(H,12,13,14)(H,15,16,17);/q;+1/p-1/t2?,3-,4?,5?,6?;/m1./s1. The number of rotatable bonds is 7. The molecule has 15 nitrogen and oxygen atoms in total. The Balaban J connectivity index is 0.00000576. The van der Waals surface area contributed by atoms with Crippen LogP contribution in [-0.4, -0.2) is 86.4 Å². The summed E-state index contributed by atoms with van der Waals surface area (Å²) < 4.78 is 107. The second-order valence-electron chi connectivity index (χ2n) is 4.23. The van der Waals surface area contributed by atoms with E-state index in [4.69, 9.17) is 9.11 Å². The molecule has 25 heavy (non-hydrogen) atoms. The SMILES string of the molecule is O=S(=O)([O-])OC1C(O)OC(COS(=O)(=O)O)[C@@H](O)C1OS(=O)(=O)O.[Na+]. The first-order valence-electron chi connectivity index (χ1n) is 5.52. The van der Waals surface area contributed by atoms with Gasteiger partial charge in [-0.3, -0.25) is 13.3 Å². The smallest absolute Gasteiger partial charge is 0.726 e. The Labute approximate surface area is 164 Å². The fourth-order valence-electron chi connectivity index (χ4n) is 1.69. The molecule has 1 fully saturated rings. The molecule has 4 unspecified atom stereocenters. The van der Waals surface area contributed by atoms with Gasteiger partial charge in [0, 0.05) is 0 Å². The third-order valence-corrected chi connectivity index (χ3v) is 3.84. The summed E-state index contributed by atoms with van der Waals surface area (Å²) in [5.41, 5.74) is 0. The van der Waals surface area contributed by atoms with Crippen LogP contribution in [0.3, 0.4) is 0 Å². The Morgan fingerprint density at radius 2 is 1.44 bits per heavy atom. The predicted molar refractivity (Wildman–Crippen MR) is 65.4 cm³/mol. The molecule has 0 radical (unpaired) electrons. The van der Waals surface area contributed by atoms with Gasteiger partial charge in [-0.25, -0.2) is 16.8 Å². The van der Waals surface area contributed by atoms with Crippen LogP contribution in [0.5, 0.6) is 0 Å².